The number of hydrogen-bond acceptors (Lipinski definition) is 6. The smallest absolute Gasteiger partial charge is 0.252 e. The summed E-state index contributed by atoms with van der Waals surface area (Å²) >= 11 is 0. The summed E-state index contributed by atoms with van der Waals surface area (Å²) in [5.41, 5.74) is 0. The third kappa shape index (κ3) is 5.59. The zero-order valence-electron chi connectivity index (χ0n) is 22.2. The number of carbonyl (C=O) groups excluding carboxylic acids is 3. The van der Waals surface area contributed by atoms with Crippen molar-refractivity contribution in [1.29, 1.82) is 0 Å². The molecule has 10 heteroatoms. The van der Waals surface area contributed by atoms with Crippen molar-refractivity contribution in [2.75, 3.05) is 33.0 Å². The van der Waals surface area contributed by atoms with Crippen molar-refractivity contribution in [3.63, 3.8) is 0 Å². The fourth-order valence-corrected chi connectivity index (χ4v) is 9.01. The van der Waals surface area contributed by atoms with E-state index in [2.05, 4.69) is 0 Å². The lowest BCUT2D eigenvalue weighted by Crippen LogP contribution is -2.68. The zero-order chi connectivity index (χ0) is 26.2. The highest BCUT2D eigenvalue weighted by molar-refractivity contribution is 7.92. The van der Waals surface area contributed by atoms with Crippen LogP contribution in [0.1, 0.15) is 71.6 Å². The van der Waals surface area contributed by atoms with Crippen LogP contribution in [0.15, 0.2) is 0 Å². The lowest BCUT2D eigenvalue weighted by Gasteiger charge is -2.55. The fraction of sp³-hybridized carbons (Fsp3) is 0.885. The van der Waals surface area contributed by atoms with Gasteiger partial charge < -0.3 is 19.4 Å². The van der Waals surface area contributed by atoms with E-state index in [4.69, 9.17) is 4.74 Å². The van der Waals surface area contributed by atoms with Gasteiger partial charge in [-0.1, -0.05) is 0 Å². The molecule has 4 rings (SSSR count). The normalized spacial score (nSPS) is 35.3. The second kappa shape index (κ2) is 11.0. The van der Waals surface area contributed by atoms with Crippen LogP contribution in [0, 0.1) is 11.8 Å². The van der Waals surface area contributed by atoms with E-state index in [1.807, 2.05) is 16.7 Å². The molecule has 0 spiro atoms. The molecule has 4 fully saturated rings. The van der Waals surface area contributed by atoms with Crippen molar-refractivity contribution >= 4 is 27.6 Å². The van der Waals surface area contributed by atoms with Gasteiger partial charge in [0.15, 0.2) is 9.84 Å². The maximum Gasteiger partial charge on any atom is 0.252 e. The van der Waals surface area contributed by atoms with Crippen molar-refractivity contribution in [2.45, 2.75) is 101 Å². The van der Waals surface area contributed by atoms with Crippen LogP contribution in [0.4, 0.5) is 0 Å². The molecule has 5 atom stereocenters. The molecule has 0 aromatic carbocycles. The molecular formula is C26H43N3O6S. The molecule has 0 aromatic heterocycles. The molecule has 0 bridgehead atoms. The van der Waals surface area contributed by atoms with E-state index in [9.17, 15) is 22.8 Å². The summed E-state index contributed by atoms with van der Waals surface area (Å²) in [5.74, 6) is 0.166. The van der Waals surface area contributed by atoms with Crippen LogP contribution in [0.2, 0.25) is 0 Å². The van der Waals surface area contributed by atoms with E-state index in [-0.39, 0.29) is 42.0 Å². The first kappa shape index (κ1) is 27.4. The highest BCUT2D eigenvalue weighted by Crippen LogP contribution is 2.44. The van der Waals surface area contributed by atoms with Crippen LogP contribution >= 0.6 is 0 Å². The number of nitrogens with zero attached hydrogens (tertiary/aromatic N) is 3. The number of hydrogen-bond donors (Lipinski definition) is 0. The Hall–Kier alpha value is -1.68. The Morgan fingerprint density at radius 3 is 2.19 bits per heavy atom. The molecule has 204 valence electrons. The molecule has 2 heterocycles. The molecule has 3 amide bonds. The first-order valence-corrected chi connectivity index (χ1v) is 15.3. The highest BCUT2D eigenvalue weighted by Gasteiger charge is 2.49. The van der Waals surface area contributed by atoms with Gasteiger partial charge in [0.05, 0.1) is 17.3 Å². The third-order valence-electron chi connectivity index (χ3n) is 9.08. The molecule has 0 N–H and O–H groups in total. The van der Waals surface area contributed by atoms with E-state index in [0.29, 0.717) is 37.8 Å². The molecule has 2 saturated heterocycles. The van der Waals surface area contributed by atoms with Gasteiger partial charge in [-0.3, -0.25) is 14.4 Å². The Balaban J connectivity index is 1.43. The largest absolute Gasteiger partial charge is 0.368 e. The predicted molar refractivity (Wildman–Crippen MR) is 136 cm³/mol. The molecule has 0 aromatic rings. The number of piperazine rings is 1. The second-order valence-corrected chi connectivity index (χ2v) is 13.9. The van der Waals surface area contributed by atoms with Gasteiger partial charge in [-0.25, -0.2) is 8.42 Å². The van der Waals surface area contributed by atoms with Gasteiger partial charge >= 0.3 is 0 Å². The summed E-state index contributed by atoms with van der Waals surface area (Å²) < 4.78 is 31.3. The van der Waals surface area contributed by atoms with Crippen molar-refractivity contribution in [3.8, 4) is 0 Å². The average molecular weight is 526 g/mol. The average Bonchev–Trinajstić information content (AvgIpc) is 3.37. The monoisotopic (exact) mass is 525 g/mol. The standard InChI is InChI=1S/C26H43N3O6S/c1-17-15-28(26(32)24-6-5-13-35-24)23-14-20(9-12-22(23)29(17)18(2)30)19-7-10-21(11-8-19)36(33,34)16-25(31)27(3)4/h17,19-24H,5-16H2,1-4H3/t17-,19?,20?,21?,22?,23?,24?/m0/s1. The van der Waals surface area contributed by atoms with Gasteiger partial charge in [0.2, 0.25) is 11.8 Å². The summed E-state index contributed by atoms with van der Waals surface area (Å²) in [6.07, 6.45) is 6.83. The molecule has 0 radical (unpaired) electrons. The van der Waals surface area contributed by atoms with Gasteiger partial charge in [0.25, 0.3) is 5.91 Å². The molecule has 4 aliphatic rings. The summed E-state index contributed by atoms with van der Waals surface area (Å²) in [6.45, 7) is 4.82. The number of fused-ring (bicyclic) bond motifs is 1. The van der Waals surface area contributed by atoms with Gasteiger partial charge in [-0.2, -0.15) is 0 Å². The zero-order valence-corrected chi connectivity index (χ0v) is 23.0. The van der Waals surface area contributed by atoms with E-state index in [1.54, 1.807) is 21.0 Å². The summed E-state index contributed by atoms with van der Waals surface area (Å²) in [5, 5.41) is -0.449. The van der Waals surface area contributed by atoms with Gasteiger partial charge in [0, 0.05) is 40.2 Å². The number of amides is 3. The van der Waals surface area contributed by atoms with Crippen LogP contribution in [0.3, 0.4) is 0 Å². The number of rotatable bonds is 5. The summed E-state index contributed by atoms with van der Waals surface area (Å²) in [7, 11) is -0.294. The lowest BCUT2D eigenvalue weighted by atomic mass is 9.69. The molecule has 36 heavy (non-hydrogen) atoms. The van der Waals surface area contributed by atoms with Crippen molar-refractivity contribution in [1.82, 2.24) is 14.7 Å². The molecule has 4 unspecified atom stereocenters. The van der Waals surface area contributed by atoms with Crippen LogP contribution in [0.25, 0.3) is 0 Å². The van der Waals surface area contributed by atoms with E-state index in [0.717, 1.165) is 44.9 Å². The topological polar surface area (TPSA) is 104 Å². The van der Waals surface area contributed by atoms with E-state index >= 15 is 0 Å². The Morgan fingerprint density at radius 2 is 1.61 bits per heavy atom. The van der Waals surface area contributed by atoms with Crippen LogP contribution in [0.5, 0.6) is 0 Å². The number of sulfone groups is 1. The number of ether oxygens (including phenoxy) is 1. The first-order chi connectivity index (χ1) is 17.0. The third-order valence-corrected chi connectivity index (χ3v) is 11.2. The molecule has 2 aliphatic heterocycles. The molecule has 2 aliphatic carbocycles. The van der Waals surface area contributed by atoms with Crippen LogP contribution < -0.4 is 0 Å². The van der Waals surface area contributed by atoms with Crippen molar-refractivity contribution in [2.24, 2.45) is 11.8 Å². The summed E-state index contributed by atoms with van der Waals surface area (Å²) in [6, 6.07) is -0.00231. The predicted octanol–water partition coefficient (Wildman–Crippen LogP) is 1.84. The van der Waals surface area contributed by atoms with E-state index < -0.39 is 20.8 Å². The van der Waals surface area contributed by atoms with Crippen LogP contribution in [-0.4, -0.2) is 103 Å². The second-order valence-electron chi connectivity index (χ2n) is 11.6. The minimum atomic E-state index is -3.46. The maximum atomic E-state index is 13.4. The van der Waals surface area contributed by atoms with Gasteiger partial charge in [0.1, 0.15) is 11.9 Å². The highest BCUT2D eigenvalue weighted by atomic mass is 32.2. The molecule has 2 saturated carbocycles. The number of carbonyl (C=O) groups is 3. The Labute approximate surface area is 215 Å². The first-order valence-electron chi connectivity index (χ1n) is 13.6. The molecule has 9 nitrogen and oxygen atoms in total. The Kier molecular flexibility index (Phi) is 8.34. The van der Waals surface area contributed by atoms with Crippen molar-refractivity contribution in [3.05, 3.63) is 0 Å². The van der Waals surface area contributed by atoms with Crippen molar-refractivity contribution < 1.29 is 27.5 Å². The Morgan fingerprint density at radius 1 is 0.944 bits per heavy atom. The van der Waals surface area contributed by atoms with Gasteiger partial charge in [-0.15, -0.1) is 0 Å². The lowest BCUT2D eigenvalue weighted by molar-refractivity contribution is -0.160. The fourth-order valence-electron chi connectivity index (χ4n) is 7.18. The quantitative estimate of drug-likeness (QED) is 0.543. The minimum absolute atomic E-state index is 0.0141. The Bertz CT molecular complexity index is 939. The van der Waals surface area contributed by atoms with Crippen LogP contribution in [-0.2, 0) is 29.0 Å². The van der Waals surface area contributed by atoms with Gasteiger partial charge in [-0.05, 0) is 76.5 Å². The van der Waals surface area contributed by atoms with E-state index in [1.165, 1.54) is 4.90 Å². The molecular weight excluding hydrogens is 482 g/mol. The maximum absolute atomic E-state index is 13.4. The SMILES string of the molecule is CC(=O)N1C2CCC(C3CCC(S(=O)(=O)CC(=O)N(C)C)CC3)CC2N(C(=O)C2CCCO2)C[C@@H]1C. The summed E-state index contributed by atoms with van der Waals surface area (Å²) in [4.78, 5) is 43.3. The minimum Gasteiger partial charge on any atom is -0.368 e.